The van der Waals surface area contributed by atoms with E-state index in [-0.39, 0.29) is 5.97 Å². The van der Waals surface area contributed by atoms with Crippen LogP contribution in [0.15, 0.2) is 18.3 Å². The lowest BCUT2D eigenvalue weighted by molar-refractivity contribution is -0.140. The van der Waals surface area contributed by atoms with Crippen molar-refractivity contribution in [3.63, 3.8) is 0 Å². The zero-order valence-electron chi connectivity index (χ0n) is 8.62. The Hall–Kier alpha value is -1.45. The number of carbonyl (C=O) groups excluding carboxylic acids is 1. The third kappa shape index (κ3) is 3.12. The van der Waals surface area contributed by atoms with Gasteiger partial charge in [-0.15, -0.1) is 0 Å². The molecule has 0 amide bonds. The summed E-state index contributed by atoms with van der Waals surface area (Å²) in [5, 5.41) is 0. The number of esters is 1. The zero-order valence-corrected chi connectivity index (χ0v) is 8.62. The topological polar surface area (TPSA) is 45.3 Å². The fraction of sp³-hybridized carbons (Fsp3) is 0.500. The van der Waals surface area contributed by atoms with E-state index < -0.39 is 0 Å². The number of aromatic amines is 1. The van der Waals surface area contributed by atoms with Gasteiger partial charge in [-0.05, 0) is 18.6 Å². The number of aromatic nitrogens is 1. The summed E-state index contributed by atoms with van der Waals surface area (Å²) in [4.78, 5) is 16.0. The van der Waals surface area contributed by atoms with Gasteiger partial charge in [0.2, 0.25) is 0 Å². The minimum Gasteiger partial charge on any atom is -0.469 e. The van der Waals surface area contributed by atoms with E-state index in [0.29, 0.717) is 6.42 Å². The van der Waals surface area contributed by atoms with Crippen molar-refractivity contribution in [3.05, 3.63) is 18.3 Å². The molecule has 0 aliphatic rings. The molecule has 0 atom stereocenters. The van der Waals surface area contributed by atoms with Crippen LogP contribution in [-0.4, -0.2) is 31.7 Å². The van der Waals surface area contributed by atoms with Gasteiger partial charge in [-0.1, -0.05) is 0 Å². The molecule has 0 aliphatic heterocycles. The van der Waals surface area contributed by atoms with E-state index in [4.69, 9.17) is 0 Å². The molecule has 0 bridgehead atoms. The van der Waals surface area contributed by atoms with Crippen molar-refractivity contribution in [2.24, 2.45) is 0 Å². The predicted octanol–water partition coefficient (Wildman–Crippen LogP) is 1.40. The Kier molecular flexibility index (Phi) is 4.04. The molecule has 1 aromatic heterocycles. The lowest BCUT2D eigenvalue weighted by Gasteiger charge is -2.16. The van der Waals surface area contributed by atoms with Crippen LogP contribution in [0, 0.1) is 0 Å². The van der Waals surface area contributed by atoms with Crippen LogP contribution in [0.2, 0.25) is 0 Å². The maximum atomic E-state index is 10.8. The second-order valence-electron chi connectivity index (χ2n) is 3.16. The van der Waals surface area contributed by atoms with Crippen LogP contribution in [0.25, 0.3) is 0 Å². The SMILES string of the molecule is COC(=O)CCCN(C)c1ccc[nH]1. The lowest BCUT2D eigenvalue weighted by Crippen LogP contribution is -2.19. The van der Waals surface area contributed by atoms with Gasteiger partial charge in [0.25, 0.3) is 0 Å². The van der Waals surface area contributed by atoms with Crippen LogP contribution in [-0.2, 0) is 9.53 Å². The Balaban J connectivity index is 2.22. The summed E-state index contributed by atoms with van der Waals surface area (Å²) >= 11 is 0. The Morgan fingerprint density at radius 2 is 2.43 bits per heavy atom. The monoisotopic (exact) mass is 196 g/mol. The van der Waals surface area contributed by atoms with Gasteiger partial charge in [-0.25, -0.2) is 0 Å². The van der Waals surface area contributed by atoms with Crippen molar-refractivity contribution in [1.29, 1.82) is 0 Å². The van der Waals surface area contributed by atoms with Gasteiger partial charge in [-0.2, -0.15) is 0 Å². The highest BCUT2D eigenvalue weighted by molar-refractivity contribution is 5.69. The van der Waals surface area contributed by atoms with Crippen LogP contribution in [0.1, 0.15) is 12.8 Å². The summed E-state index contributed by atoms with van der Waals surface area (Å²) < 4.78 is 4.56. The van der Waals surface area contributed by atoms with E-state index in [9.17, 15) is 4.79 Å². The third-order valence-corrected chi connectivity index (χ3v) is 2.09. The Bertz CT molecular complexity index is 270. The first-order valence-electron chi connectivity index (χ1n) is 4.65. The van der Waals surface area contributed by atoms with Gasteiger partial charge < -0.3 is 14.6 Å². The molecule has 0 aromatic carbocycles. The summed E-state index contributed by atoms with van der Waals surface area (Å²) in [6, 6.07) is 3.95. The van der Waals surface area contributed by atoms with Crippen molar-refractivity contribution < 1.29 is 9.53 Å². The average Bonchev–Trinajstić information content (AvgIpc) is 2.70. The first kappa shape index (κ1) is 10.6. The van der Waals surface area contributed by atoms with Crippen LogP contribution in [0.5, 0.6) is 0 Å². The number of methoxy groups -OCH3 is 1. The van der Waals surface area contributed by atoms with Gasteiger partial charge in [0, 0.05) is 26.2 Å². The van der Waals surface area contributed by atoms with Crippen LogP contribution >= 0.6 is 0 Å². The molecule has 0 radical (unpaired) electrons. The molecule has 14 heavy (non-hydrogen) atoms. The molecular formula is C10H16N2O2. The molecular weight excluding hydrogens is 180 g/mol. The number of nitrogens with one attached hydrogen (secondary N) is 1. The normalized spacial score (nSPS) is 9.86. The second kappa shape index (κ2) is 5.32. The predicted molar refractivity (Wildman–Crippen MR) is 55.3 cm³/mol. The van der Waals surface area contributed by atoms with E-state index in [1.165, 1.54) is 7.11 Å². The van der Waals surface area contributed by atoms with Gasteiger partial charge in [0.15, 0.2) is 0 Å². The van der Waals surface area contributed by atoms with E-state index in [2.05, 4.69) is 14.6 Å². The first-order chi connectivity index (χ1) is 6.74. The molecule has 0 spiro atoms. The highest BCUT2D eigenvalue weighted by Crippen LogP contribution is 2.08. The quantitative estimate of drug-likeness (QED) is 0.724. The van der Waals surface area contributed by atoms with Gasteiger partial charge >= 0.3 is 5.97 Å². The number of rotatable bonds is 5. The summed E-state index contributed by atoms with van der Waals surface area (Å²) in [6.45, 7) is 0.843. The van der Waals surface area contributed by atoms with Crippen LogP contribution in [0.3, 0.4) is 0 Å². The average molecular weight is 196 g/mol. The molecule has 0 unspecified atom stereocenters. The number of H-pyrrole nitrogens is 1. The second-order valence-corrected chi connectivity index (χ2v) is 3.16. The fourth-order valence-electron chi connectivity index (χ4n) is 1.24. The molecule has 4 heteroatoms. The molecule has 1 aromatic rings. The summed E-state index contributed by atoms with van der Waals surface area (Å²) in [5.74, 6) is 0.916. The van der Waals surface area contributed by atoms with E-state index in [0.717, 1.165) is 18.8 Å². The highest BCUT2D eigenvalue weighted by atomic mass is 16.5. The number of nitrogens with zero attached hydrogens (tertiary/aromatic N) is 1. The van der Waals surface area contributed by atoms with Crippen molar-refractivity contribution in [1.82, 2.24) is 4.98 Å². The third-order valence-electron chi connectivity index (χ3n) is 2.09. The number of hydrogen-bond acceptors (Lipinski definition) is 3. The number of anilines is 1. The summed E-state index contributed by atoms with van der Waals surface area (Å²) in [5.41, 5.74) is 0. The summed E-state index contributed by atoms with van der Waals surface area (Å²) in [7, 11) is 3.40. The standard InChI is InChI=1S/C10H16N2O2/c1-12(9-5-3-7-11-9)8-4-6-10(13)14-2/h3,5,7,11H,4,6,8H2,1-2H3. The largest absolute Gasteiger partial charge is 0.469 e. The minimum absolute atomic E-state index is 0.148. The number of carbonyl (C=O) groups is 1. The van der Waals surface area contributed by atoms with Crippen LogP contribution in [0.4, 0.5) is 5.82 Å². The Labute approximate surface area is 83.9 Å². The molecule has 0 fully saturated rings. The lowest BCUT2D eigenvalue weighted by atomic mass is 10.3. The van der Waals surface area contributed by atoms with Crippen molar-refractivity contribution >= 4 is 11.8 Å². The molecule has 1 N–H and O–H groups in total. The van der Waals surface area contributed by atoms with E-state index >= 15 is 0 Å². The van der Waals surface area contributed by atoms with Gasteiger partial charge in [0.05, 0.1) is 7.11 Å². The smallest absolute Gasteiger partial charge is 0.305 e. The maximum absolute atomic E-state index is 10.8. The van der Waals surface area contributed by atoms with E-state index in [1.807, 2.05) is 25.4 Å². The van der Waals surface area contributed by atoms with Crippen molar-refractivity contribution in [3.8, 4) is 0 Å². The highest BCUT2D eigenvalue weighted by Gasteiger charge is 2.03. The van der Waals surface area contributed by atoms with Crippen molar-refractivity contribution in [2.75, 3.05) is 25.6 Å². The zero-order chi connectivity index (χ0) is 10.4. The molecule has 78 valence electrons. The van der Waals surface area contributed by atoms with Gasteiger partial charge in [0.1, 0.15) is 5.82 Å². The molecule has 0 saturated carbocycles. The molecule has 4 nitrogen and oxygen atoms in total. The molecule has 0 saturated heterocycles. The Morgan fingerprint density at radius 3 is 3.00 bits per heavy atom. The molecule has 1 rings (SSSR count). The first-order valence-corrected chi connectivity index (χ1v) is 4.65. The maximum Gasteiger partial charge on any atom is 0.305 e. The number of hydrogen-bond donors (Lipinski definition) is 1. The summed E-state index contributed by atoms with van der Waals surface area (Å²) in [6.07, 6.45) is 3.16. The fourth-order valence-corrected chi connectivity index (χ4v) is 1.24. The minimum atomic E-state index is -0.148. The van der Waals surface area contributed by atoms with Crippen molar-refractivity contribution in [2.45, 2.75) is 12.8 Å². The molecule has 0 aliphatic carbocycles. The van der Waals surface area contributed by atoms with E-state index in [1.54, 1.807) is 0 Å². The van der Waals surface area contributed by atoms with Crippen LogP contribution < -0.4 is 4.90 Å². The van der Waals surface area contributed by atoms with Gasteiger partial charge in [-0.3, -0.25) is 4.79 Å². The molecule has 1 heterocycles. The number of ether oxygens (including phenoxy) is 1. The Morgan fingerprint density at radius 1 is 1.64 bits per heavy atom.